The van der Waals surface area contributed by atoms with Crippen molar-refractivity contribution in [3.05, 3.63) is 0 Å². The maximum atomic E-state index is 12.4. The van der Waals surface area contributed by atoms with Crippen molar-refractivity contribution in [2.75, 3.05) is 13.1 Å². The van der Waals surface area contributed by atoms with Gasteiger partial charge in [0.1, 0.15) is 0 Å². The van der Waals surface area contributed by atoms with E-state index in [1.165, 1.54) is 19.3 Å². The minimum atomic E-state index is -0.752. The average Bonchev–Trinajstić information content (AvgIpc) is 2.85. The van der Waals surface area contributed by atoms with Crippen LogP contribution < -0.4 is 5.32 Å². The summed E-state index contributed by atoms with van der Waals surface area (Å²) in [5, 5.41) is 12.1. The number of carbonyl (C=O) groups excluding carboxylic acids is 1. The summed E-state index contributed by atoms with van der Waals surface area (Å²) >= 11 is 0. The molecule has 5 heteroatoms. The SMILES string of the molecule is O=C(O)CC1(CNC(=O)N2CCC3CCCCC32)CCC1. The normalized spacial score (nSPS) is 30.4. The van der Waals surface area contributed by atoms with Crippen molar-refractivity contribution in [2.24, 2.45) is 11.3 Å². The third-order valence-electron chi connectivity index (χ3n) is 5.83. The van der Waals surface area contributed by atoms with E-state index in [2.05, 4.69) is 5.32 Å². The van der Waals surface area contributed by atoms with Crippen LogP contribution in [0.4, 0.5) is 4.79 Å². The van der Waals surface area contributed by atoms with Gasteiger partial charge < -0.3 is 15.3 Å². The fourth-order valence-electron chi connectivity index (χ4n) is 4.44. The maximum Gasteiger partial charge on any atom is 0.317 e. The van der Waals surface area contributed by atoms with Crippen molar-refractivity contribution >= 4 is 12.0 Å². The molecule has 3 aliphatic rings. The Hall–Kier alpha value is -1.26. The third kappa shape index (κ3) is 3.01. The summed E-state index contributed by atoms with van der Waals surface area (Å²) in [7, 11) is 0. The molecule has 0 radical (unpaired) electrons. The van der Waals surface area contributed by atoms with Crippen molar-refractivity contribution in [1.29, 1.82) is 0 Å². The van der Waals surface area contributed by atoms with E-state index in [0.29, 0.717) is 18.5 Å². The highest BCUT2D eigenvalue weighted by atomic mass is 16.4. The molecule has 1 aliphatic heterocycles. The van der Waals surface area contributed by atoms with Crippen LogP contribution in [0.2, 0.25) is 0 Å². The van der Waals surface area contributed by atoms with E-state index < -0.39 is 5.97 Å². The first kappa shape index (κ1) is 14.7. The van der Waals surface area contributed by atoms with Gasteiger partial charge in [-0.15, -0.1) is 0 Å². The molecule has 0 aromatic carbocycles. The van der Waals surface area contributed by atoms with Gasteiger partial charge in [-0.2, -0.15) is 0 Å². The molecule has 2 atom stereocenters. The molecule has 0 bridgehead atoms. The molecule has 3 rings (SSSR count). The van der Waals surface area contributed by atoms with Crippen LogP contribution in [-0.4, -0.2) is 41.1 Å². The summed E-state index contributed by atoms with van der Waals surface area (Å²) < 4.78 is 0. The second kappa shape index (κ2) is 5.85. The average molecular weight is 294 g/mol. The van der Waals surface area contributed by atoms with Gasteiger partial charge in [0, 0.05) is 19.1 Å². The van der Waals surface area contributed by atoms with Gasteiger partial charge in [-0.3, -0.25) is 4.79 Å². The molecule has 2 saturated carbocycles. The van der Waals surface area contributed by atoms with E-state index in [1.807, 2.05) is 4.90 Å². The third-order valence-corrected chi connectivity index (χ3v) is 5.83. The second-order valence-corrected chi connectivity index (χ2v) is 7.18. The lowest BCUT2D eigenvalue weighted by Crippen LogP contribution is -2.50. The Morgan fingerprint density at radius 2 is 1.90 bits per heavy atom. The van der Waals surface area contributed by atoms with Gasteiger partial charge in [-0.05, 0) is 43.4 Å². The number of fused-ring (bicyclic) bond motifs is 1. The van der Waals surface area contributed by atoms with Crippen LogP contribution in [-0.2, 0) is 4.79 Å². The van der Waals surface area contributed by atoms with Crippen molar-refractivity contribution in [3.63, 3.8) is 0 Å². The zero-order valence-electron chi connectivity index (χ0n) is 12.6. The van der Waals surface area contributed by atoms with Crippen LogP contribution in [0.1, 0.15) is 57.8 Å². The number of aliphatic carboxylic acids is 1. The van der Waals surface area contributed by atoms with Crippen molar-refractivity contribution in [2.45, 2.75) is 63.8 Å². The molecule has 1 saturated heterocycles. The Bertz CT molecular complexity index is 420. The molecule has 2 unspecified atom stereocenters. The Morgan fingerprint density at radius 1 is 1.14 bits per heavy atom. The standard InChI is InChI=1S/C16H26N2O3/c19-14(20)10-16(7-3-8-16)11-17-15(21)18-9-6-12-4-1-2-5-13(12)18/h12-13H,1-11H2,(H,17,21)(H,19,20). The van der Waals surface area contributed by atoms with E-state index >= 15 is 0 Å². The molecular weight excluding hydrogens is 268 g/mol. The molecule has 2 N–H and O–H groups in total. The second-order valence-electron chi connectivity index (χ2n) is 7.18. The number of hydrogen-bond donors (Lipinski definition) is 2. The molecule has 1 heterocycles. The number of carboxylic acid groups (broad SMARTS) is 1. The lowest BCUT2D eigenvalue weighted by atomic mass is 9.66. The van der Waals surface area contributed by atoms with Gasteiger partial charge in [-0.25, -0.2) is 4.79 Å². The highest BCUT2D eigenvalue weighted by molar-refractivity contribution is 5.75. The van der Waals surface area contributed by atoms with Crippen molar-refractivity contribution in [3.8, 4) is 0 Å². The van der Waals surface area contributed by atoms with Gasteiger partial charge in [0.15, 0.2) is 0 Å². The zero-order chi connectivity index (χ0) is 14.9. The summed E-state index contributed by atoms with van der Waals surface area (Å²) in [6.07, 6.45) is 9.18. The first-order valence-electron chi connectivity index (χ1n) is 8.36. The molecule has 2 amide bonds. The van der Waals surface area contributed by atoms with E-state index in [0.717, 1.165) is 38.6 Å². The van der Waals surface area contributed by atoms with Crippen LogP contribution in [0.3, 0.4) is 0 Å². The van der Waals surface area contributed by atoms with Gasteiger partial charge in [0.25, 0.3) is 0 Å². The number of hydrogen-bond acceptors (Lipinski definition) is 2. The number of amides is 2. The topological polar surface area (TPSA) is 69.6 Å². The highest BCUT2D eigenvalue weighted by Gasteiger charge is 2.41. The zero-order valence-corrected chi connectivity index (χ0v) is 12.6. The van der Waals surface area contributed by atoms with Gasteiger partial charge >= 0.3 is 12.0 Å². The van der Waals surface area contributed by atoms with E-state index in [4.69, 9.17) is 5.11 Å². The van der Waals surface area contributed by atoms with Crippen LogP contribution >= 0.6 is 0 Å². The molecule has 118 valence electrons. The molecule has 0 aromatic heterocycles. The van der Waals surface area contributed by atoms with E-state index in [9.17, 15) is 9.59 Å². The Labute approximate surface area is 126 Å². The Kier molecular flexibility index (Phi) is 4.09. The summed E-state index contributed by atoms with van der Waals surface area (Å²) in [6.45, 7) is 1.39. The fourth-order valence-corrected chi connectivity index (χ4v) is 4.44. The largest absolute Gasteiger partial charge is 0.481 e. The lowest BCUT2D eigenvalue weighted by Gasteiger charge is -2.41. The molecule has 0 aromatic rings. The summed E-state index contributed by atoms with van der Waals surface area (Å²) in [4.78, 5) is 25.4. The predicted molar refractivity (Wildman–Crippen MR) is 79.0 cm³/mol. The number of urea groups is 1. The monoisotopic (exact) mass is 294 g/mol. The van der Waals surface area contributed by atoms with Crippen molar-refractivity contribution in [1.82, 2.24) is 10.2 Å². The number of carboxylic acids is 1. The summed E-state index contributed by atoms with van der Waals surface area (Å²) in [5.74, 6) is -0.0568. The maximum absolute atomic E-state index is 12.4. The van der Waals surface area contributed by atoms with E-state index in [-0.39, 0.29) is 17.9 Å². The minimum Gasteiger partial charge on any atom is -0.481 e. The molecule has 2 aliphatic carbocycles. The molecular formula is C16H26N2O3. The van der Waals surface area contributed by atoms with Crippen LogP contribution in [0.5, 0.6) is 0 Å². The van der Waals surface area contributed by atoms with Crippen LogP contribution in [0, 0.1) is 11.3 Å². The summed E-state index contributed by atoms with van der Waals surface area (Å²) in [6, 6.07) is 0.455. The van der Waals surface area contributed by atoms with E-state index in [1.54, 1.807) is 0 Å². The van der Waals surface area contributed by atoms with Gasteiger partial charge in [0.05, 0.1) is 6.42 Å². The molecule has 0 spiro atoms. The predicted octanol–water partition coefficient (Wildman–Crippen LogP) is 2.61. The quantitative estimate of drug-likeness (QED) is 0.837. The van der Waals surface area contributed by atoms with Crippen LogP contribution in [0.15, 0.2) is 0 Å². The first-order chi connectivity index (χ1) is 10.1. The smallest absolute Gasteiger partial charge is 0.317 e. The molecule has 3 fully saturated rings. The molecule has 21 heavy (non-hydrogen) atoms. The number of likely N-dealkylation sites (tertiary alicyclic amines) is 1. The van der Waals surface area contributed by atoms with Gasteiger partial charge in [-0.1, -0.05) is 19.3 Å². The Balaban J connectivity index is 1.53. The highest BCUT2D eigenvalue weighted by Crippen LogP contribution is 2.43. The van der Waals surface area contributed by atoms with Crippen LogP contribution in [0.25, 0.3) is 0 Å². The number of rotatable bonds is 4. The minimum absolute atomic E-state index is 0.0288. The summed E-state index contributed by atoms with van der Waals surface area (Å²) in [5.41, 5.74) is -0.187. The number of carbonyl (C=O) groups is 2. The Morgan fingerprint density at radius 3 is 2.57 bits per heavy atom. The van der Waals surface area contributed by atoms with Crippen molar-refractivity contribution < 1.29 is 14.7 Å². The molecule has 5 nitrogen and oxygen atoms in total. The number of nitrogens with zero attached hydrogens (tertiary/aromatic N) is 1. The first-order valence-corrected chi connectivity index (χ1v) is 8.36. The fraction of sp³-hybridized carbons (Fsp3) is 0.875. The van der Waals surface area contributed by atoms with Gasteiger partial charge in [0.2, 0.25) is 0 Å². The number of nitrogens with one attached hydrogen (secondary N) is 1. The lowest BCUT2D eigenvalue weighted by molar-refractivity contribution is -0.141.